The first-order chi connectivity index (χ1) is 9.65. The topological polar surface area (TPSA) is 78.4 Å². The molecule has 1 aromatic rings. The lowest BCUT2D eigenvalue weighted by molar-refractivity contribution is -0.141. The van der Waals surface area contributed by atoms with Gasteiger partial charge in [0, 0.05) is 6.42 Å². The largest absolute Gasteiger partial charge is 0.480 e. The van der Waals surface area contributed by atoms with Gasteiger partial charge in [0.2, 0.25) is 5.91 Å². The predicted molar refractivity (Wildman–Crippen MR) is 75.3 cm³/mol. The highest BCUT2D eigenvalue weighted by Gasteiger charge is 2.22. The molecule has 2 rings (SSSR count). The van der Waals surface area contributed by atoms with Crippen molar-refractivity contribution < 1.29 is 14.7 Å². The van der Waals surface area contributed by atoms with E-state index in [2.05, 4.69) is 10.6 Å². The Labute approximate surface area is 118 Å². The molecule has 1 fully saturated rings. The van der Waals surface area contributed by atoms with E-state index < -0.39 is 12.0 Å². The van der Waals surface area contributed by atoms with Crippen molar-refractivity contribution in [2.75, 3.05) is 13.1 Å². The van der Waals surface area contributed by atoms with Gasteiger partial charge in [0.05, 0.1) is 6.54 Å². The Balaban J connectivity index is 1.78. The zero-order valence-electron chi connectivity index (χ0n) is 11.3. The summed E-state index contributed by atoms with van der Waals surface area (Å²) < 4.78 is 0. The van der Waals surface area contributed by atoms with Gasteiger partial charge in [0.1, 0.15) is 6.04 Å². The predicted octanol–water partition coefficient (Wildman–Crippen LogP) is 0.798. The lowest BCUT2D eigenvalue weighted by atomic mass is 10.1. The van der Waals surface area contributed by atoms with Crippen molar-refractivity contribution in [3.05, 3.63) is 35.9 Å². The molecule has 0 aromatic heterocycles. The molecule has 3 N–H and O–H groups in total. The number of carbonyl (C=O) groups excluding carboxylic acids is 1. The van der Waals surface area contributed by atoms with Crippen LogP contribution in [-0.4, -0.2) is 36.1 Å². The molecule has 20 heavy (non-hydrogen) atoms. The quantitative estimate of drug-likeness (QED) is 0.656. The number of carboxylic acids is 1. The summed E-state index contributed by atoms with van der Waals surface area (Å²) in [5.74, 6) is -0.583. The first kappa shape index (κ1) is 14.5. The van der Waals surface area contributed by atoms with E-state index >= 15 is 0 Å². The van der Waals surface area contributed by atoms with Gasteiger partial charge in [-0.1, -0.05) is 30.3 Å². The SMILES string of the molecule is O=C(CNCC1CC1)NC(Cc1ccccc1)C(=O)O. The maximum atomic E-state index is 11.7. The van der Waals surface area contributed by atoms with E-state index in [4.69, 9.17) is 0 Å². The Bertz CT molecular complexity index is 457. The molecule has 5 heteroatoms. The average molecular weight is 276 g/mol. The summed E-state index contributed by atoms with van der Waals surface area (Å²) in [7, 11) is 0. The summed E-state index contributed by atoms with van der Waals surface area (Å²) in [4.78, 5) is 22.9. The number of benzene rings is 1. The summed E-state index contributed by atoms with van der Waals surface area (Å²) in [5.41, 5.74) is 0.895. The van der Waals surface area contributed by atoms with Crippen molar-refractivity contribution in [1.29, 1.82) is 0 Å². The first-order valence-corrected chi connectivity index (χ1v) is 6.92. The minimum atomic E-state index is -1.01. The molecule has 1 aliphatic rings. The molecule has 1 atom stereocenters. The van der Waals surface area contributed by atoms with Gasteiger partial charge in [0.15, 0.2) is 0 Å². The highest BCUT2D eigenvalue weighted by molar-refractivity contribution is 5.84. The maximum absolute atomic E-state index is 11.7. The summed E-state index contributed by atoms with van der Waals surface area (Å²) in [5, 5.41) is 14.8. The van der Waals surface area contributed by atoms with Gasteiger partial charge in [-0.3, -0.25) is 4.79 Å². The highest BCUT2D eigenvalue weighted by atomic mass is 16.4. The highest BCUT2D eigenvalue weighted by Crippen LogP contribution is 2.27. The molecular formula is C15H20N2O3. The van der Waals surface area contributed by atoms with Crippen molar-refractivity contribution in [3.63, 3.8) is 0 Å². The normalized spacial score (nSPS) is 15.6. The van der Waals surface area contributed by atoms with E-state index in [1.165, 1.54) is 12.8 Å². The summed E-state index contributed by atoms with van der Waals surface area (Å²) in [6.45, 7) is 1.01. The second-order valence-electron chi connectivity index (χ2n) is 5.22. The van der Waals surface area contributed by atoms with Crippen LogP contribution in [0.2, 0.25) is 0 Å². The van der Waals surface area contributed by atoms with Crippen LogP contribution in [0.3, 0.4) is 0 Å². The van der Waals surface area contributed by atoms with E-state index in [1.54, 1.807) is 0 Å². The zero-order chi connectivity index (χ0) is 14.4. The Morgan fingerprint density at radius 2 is 1.95 bits per heavy atom. The van der Waals surface area contributed by atoms with Gasteiger partial charge in [-0.2, -0.15) is 0 Å². The lowest BCUT2D eigenvalue weighted by Gasteiger charge is -2.15. The van der Waals surface area contributed by atoms with Crippen LogP contribution in [0.5, 0.6) is 0 Å². The second kappa shape index (κ2) is 7.05. The third kappa shape index (κ3) is 5.01. The zero-order valence-corrected chi connectivity index (χ0v) is 11.3. The molecule has 1 amide bonds. The average Bonchev–Trinajstić information content (AvgIpc) is 3.23. The van der Waals surface area contributed by atoms with Crippen molar-refractivity contribution in [2.45, 2.75) is 25.3 Å². The van der Waals surface area contributed by atoms with E-state index in [-0.39, 0.29) is 12.5 Å². The molecule has 1 saturated carbocycles. The minimum absolute atomic E-state index is 0.176. The first-order valence-electron chi connectivity index (χ1n) is 6.92. The molecule has 0 spiro atoms. The molecule has 1 unspecified atom stereocenters. The van der Waals surface area contributed by atoms with Gasteiger partial charge < -0.3 is 15.7 Å². The van der Waals surface area contributed by atoms with Crippen molar-refractivity contribution >= 4 is 11.9 Å². The van der Waals surface area contributed by atoms with E-state index in [0.29, 0.717) is 12.3 Å². The Morgan fingerprint density at radius 3 is 2.55 bits per heavy atom. The fourth-order valence-electron chi connectivity index (χ4n) is 2.01. The van der Waals surface area contributed by atoms with Gasteiger partial charge in [0.25, 0.3) is 0 Å². The van der Waals surface area contributed by atoms with Gasteiger partial charge >= 0.3 is 5.97 Å². The fourth-order valence-corrected chi connectivity index (χ4v) is 2.01. The third-order valence-electron chi connectivity index (χ3n) is 3.33. The van der Waals surface area contributed by atoms with Gasteiger partial charge in [-0.25, -0.2) is 4.79 Å². The fraction of sp³-hybridized carbons (Fsp3) is 0.467. The molecule has 0 radical (unpaired) electrons. The van der Waals surface area contributed by atoms with Crippen LogP contribution in [-0.2, 0) is 16.0 Å². The van der Waals surface area contributed by atoms with E-state index in [0.717, 1.165) is 12.1 Å². The Kier molecular flexibility index (Phi) is 5.12. The second-order valence-corrected chi connectivity index (χ2v) is 5.22. The molecule has 5 nitrogen and oxygen atoms in total. The van der Waals surface area contributed by atoms with Gasteiger partial charge in [-0.15, -0.1) is 0 Å². The molecule has 0 heterocycles. The number of carboxylic acid groups (broad SMARTS) is 1. The van der Waals surface area contributed by atoms with Crippen LogP contribution >= 0.6 is 0 Å². The van der Waals surface area contributed by atoms with Crippen LogP contribution < -0.4 is 10.6 Å². The molecule has 1 aromatic carbocycles. The lowest BCUT2D eigenvalue weighted by Crippen LogP contribution is -2.46. The molecule has 0 aliphatic heterocycles. The molecular weight excluding hydrogens is 256 g/mol. The standard InChI is InChI=1S/C15H20N2O3/c18-14(10-16-9-12-6-7-12)17-13(15(19)20)8-11-4-2-1-3-5-11/h1-5,12-13,16H,6-10H2,(H,17,18)(H,19,20). The van der Waals surface area contributed by atoms with Crippen molar-refractivity contribution in [3.8, 4) is 0 Å². The van der Waals surface area contributed by atoms with Crippen LogP contribution in [0.15, 0.2) is 30.3 Å². The maximum Gasteiger partial charge on any atom is 0.326 e. The van der Waals surface area contributed by atoms with Crippen molar-refractivity contribution in [2.24, 2.45) is 5.92 Å². The van der Waals surface area contributed by atoms with Crippen molar-refractivity contribution in [1.82, 2.24) is 10.6 Å². The number of carbonyl (C=O) groups is 2. The summed E-state index contributed by atoms with van der Waals surface area (Å²) >= 11 is 0. The summed E-state index contributed by atoms with van der Waals surface area (Å²) in [6, 6.07) is 8.41. The summed E-state index contributed by atoms with van der Waals surface area (Å²) in [6.07, 6.45) is 2.74. The molecule has 1 aliphatic carbocycles. The number of nitrogens with one attached hydrogen (secondary N) is 2. The number of aliphatic carboxylic acids is 1. The third-order valence-corrected chi connectivity index (χ3v) is 3.33. The van der Waals surface area contributed by atoms with Gasteiger partial charge in [-0.05, 0) is 30.9 Å². The smallest absolute Gasteiger partial charge is 0.326 e. The van der Waals surface area contributed by atoms with E-state index in [1.807, 2.05) is 30.3 Å². The Morgan fingerprint density at radius 1 is 1.25 bits per heavy atom. The molecule has 0 bridgehead atoms. The van der Waals surface area contributed by atoms with Crippen LogP contribution in [0.25, 0.3) is 0 Å². The number of amides is 1. The van der Waals surface area contributed by atoms with Crippen LogP contribution in [0, 0.1) is 5.92 Å². The number of rotatable bonds is 8. The minimum Gasteiger partial charge on any atom is -0.480 e. The Hall–Kier alpha value is -1.88. The van der Waals surface area contributed by atoms with E-state index in [9.17, 15) is 14.7 Å². The number of hydrogen-bond acceptors (Lipinski definition) is 3. The molecule has 108 valence electrons. The molecule has 0 saturated heterocycles. The van der Waals surface area contributed by atoms with Crippen LogP contribution in [0.4, 0.5) is 0 Å². The monoisotopic (exact) mass is 276 g/mol. The van der Waals surface area contributed by atoms with Crippen LogP contribution in [0.1, 0.15) is 18.4 Å². The number of hydrogen-bond donors (Lipinski definition) is 3.